The van der Waals surface area contributed by atoms with Crippen molar-refractivity contribution in [2.24, 2.45) is 5.41 Å². The zero-order valence-corrected chi connectivity index (χ0v) is 11.0. The van der Waals surface area contributed by atoms with Crippen LogP contribution in [0.4, 0.5) is 5.88 Å². The van der Waals surface area contributed by atoms with Crippen molar-refractivity contribution in [3.05, 3.63) is 35.5 Å². The molecular weight excluding hydrogens is 224 g/mol. The highest BCUT2D eigenvalue weighted by Crippen LogP contribution is 2.60. The molecule has 18 heavy (non-hydrogen) atoms. The van der Waals surface area contributed by atoms with Crippen molar-refractivity contribution in [1.82, 2.24) is 5.16 Å². The first-order valence-electron chi connectivity index (χ1n) is 6.32. The van der Waals surface area contributed by atoms with Crippen molar-refractivity contribution in [3.8, 4) is 11.1 Å². The lowest BCUT2D eigenvalue weighted by Crippen LogP contribution is -1.95. The Bertz CT molecular complexity index is 598. The third-order valence-corrected chi connectivity index (χ3v) is 4.00. The van der Waals surface area contributed by atoms with Crippen LogP contribution in [-0.4, -0.2) is 5.16 Å². The molecule has 0 aliphatic heterocycles. The topological polar surface area (TPSA) is 52.0 Å². The van der Waals surface area contributed by atoms with Gasteiger partial charge in [0.1, 0.15) is 0 Å². The predicted molar refractivity (Wildman–Crippen MR) is 72.2 cm³/mol. The Balaban J connectivity index is 2.13. The van der Waals surface area contributed by atoms with E-state index in [9.17, 15) is 0 Å². The first-order chi connectivity index (χ1) is 8.50. The molecule has 1 fully saturated rings. The van der Waals surface area contributed by atoms with Crippen LogP contribution in [0.25, 0.3) is 11.1 Å². The summed E-state index contributed by atoms with van der Waals surface area (Å²) in [6.45, 7) is 6.60. The number of nitrogens with two attached hydrogens (primary N) is 1. The fourth-order valence-electron chi connectivity index (χ4n) is 2.61. The number of nitrogen functional groups attached to an aromatic ring is 1. The smallest absolute Gasteiger partial charge is 0.230 e. The molecule has 0 amide bonds. The van der Waals surface area contributed by atoms with E-state index in [-0.39, 0.29) is 0 Å². The summed E-state index contributed by atoms with van der Waals surface area (Å²) in [6.07, 6.45) is 1.15. The van der Waals surface area contributed by atoms with Gasteiger partial charge in [-0.2, -0.15) is 0 Å². The summed E-state index contributed by atoms with van der Waals surface area (Å²) in [5.74, 6) is 0.898. The highest BCUT2D eigenvalue weighted by Gasteiger charge is 2.49. The van der Waals surface area contributed by atoms with E-state index in [1.165, 1.54) is 5.56 Å². The lowest BCUT2D eigenvalue weighted by Gasteiger charge is -2.07. The molecule has 1 unspecified atom stereocenters. The van der Waals surface area contributed by atoms with Crippen molar-refractivity contribution < 1.29 is 4.52 Å². The van der Waals surface area contributed by atoms with Gasteiger partial charge in [0.2, 0.25) is 5.88 Å². The molecule has 3 nitrogen and oxygen atoms in total. The molecule has 1 aliphatic carbocycles. The molecule has 2 N–H and O–H groups in total. The first kappa shape index (κ1) is 11.3. The number of aromatic nitrogens is 1. The number of rotatable bonds is 2. The van der Waals surface area contributed by atoms with Crippen LogP contribution in [0, 0.1) is 12.3 Å². The molecule has 3 heteroatoms. The van der Waals surface area contributed by atoms with Gasteiger partial charge in [0.05, 0.1) is 11.3 Å². The minimum atomic E-state index is 0.320. The minimum absolute atomic E-state index is 0.320. The molecule has 1 aliphatic rings. The Labute approximate surface area is 107 Å². The van der Waals surface area contributed by atoms with Gasteiger partial charge in [-0.1, -0.05) is 43.3 Å². The first-order valence-corrected chi connectivity index (χ1v) is 6.32. The summed E-state index contributed by atoms with van der Waals surface area (Å²) < 4.78 is 5.23. The van der Waals surface area contributed by atoms with E-state index >= 15 is 0 Å². The Morgan fingerprint density at radius 1 is 1.33 bits per heavy atom. The molecule has 1 aromatic carbocycles. The maximum Gasteiger partial charge on any atom is 0.230 e. The number of benzene rings is 1. The second-order valence-corrected chi connectivity index (χ2v) is 5.87. The van der Waals surface area contributed by atoms with E-state index in [0.29, 0.717) is 17.2 Å². The highest BCUT2D eigenvalue weighted by molar-refractivity contribution is 5.78. The van der Waals surface area contributed by atoms with Gasteiger partial charge in [0, 0.05) is 5.92 Å². The molecule has 0 saturated heterocycles. The number of hydrogen-bond donors (Lipinski definition) is 1. The molecule has 0 radical (unpaired) electrons. The molecule has 3 rings (SSSR count). The van der Waals surface area contributed by atoms with Crippen LogP contribution < -0.4 is 5.73 Å². The molecule has 1 heterocycles. The molecule has 1 aromatic heterocycles. The second kappa shape index (κ2) is 3.61. The third kappa shape index (κ3) is 1.62. The van der Waals surface area contributed by atoms with Gasteiger partial charge in [-0.3, -0.25) is 0 Å². The van der Waals surface area contributed by atoms with Gasteiger partial charge in [0.25, 0.3) is 0 Å². The normalized spacial score (nSPS) is 20.9. The van der Waals surface area contributed by atoms with Gasteiger partial charge >= 0.3 is 0 Å². The van der Waals surface area contributed by atoms with E-state index in [1.54, 1.807) is 0 Å². The van der Waals surface area contributed by atoms with E-state index < -0.39 is 0 Å². The Morgan fingerprint density at radius 2 is 2.00 bits per heavy atom. The van der Waals surface area contributed by atoms with E-state index in [1.807, 2.05) is 12.1 Å². The zero-order chi connectivity index (χ0) is 12.9. The Morgan fingerprint density at radius 3 is 2.61 bits per heavy atom. The lowest BCUT2D eigenvalue weighted by atomic mass is 9.96. The van der Waals surface area contributed by atoms with Crippen LogP contribution in [0.3, 0.4) is 0 Å². The van der Waals surface area contributed by atoms with Gasteiger partial charge in [0.15, 0.2) is 0 Å². The standard InChI is InChI=1S/C15H18N2O/c1-9-6-4-5-7-10(9)12-13(17-18-14(12)16)11-8-15(11,2)3/h4-7,11H,8,16H2,1-3H3. The number of anilines is 1. The van der Waals surface area contributed by atoms with Crippen LogP contribution in [0.5, 0.6) is 0 Å². The van der Waals surface area contributed by atoms with Crippen molar-refractivity contribution in [2.75, 3.05) is 5.73 Å². The fourth-order valence-corrected chi connectivity index (χ4v) is 2.61. The maximum atomic E-state index is 5.97. The average Bonchev–Trinajstić information content (AvgIpc) is 2.78. The van der Waals surface area contributed by atoms with Crippen LogP contribution in [-0.2, 0) is 0 Å². The summed E-state index contributed by atoms with van der Waals surface area (Å²) >= 11 is 0. The zero-order valence-electron chi connectivity index (χ0n) is 11.0. The van der Waals surface area contributed by atoms with E-state index in [2.05, 4.69) is 38.1 Å². The Kier molecular flexibility index (Phi) is 2.27. The summed E-state index contributed by atoms with van der Waals surface area (Å²) in [6, 6.07) is 8.22. The van der Waals surface area contributed by atoms with E-state index in [4.69, 9.17) is 10.3 Å². The number of aryl methyl sites for hydroxylation is 1. The van der Waals surface area contributed by atoms with Gasteiger partial charge in [-0.25, -0.2) is 0 Å². The number of hydrogen-bond acceptors (Lipinski definition) is 3. The van der Waals surface area contributed by atoms with Gasteiger partial charge < -0.3 is 10.3 Å². The molecule has 1 saturated carbocycles. The van der Waals surface area contributed by atoms with Crippen molar-refractivity contribution in [2.45, 2.75) is 33.1 Å². The molecule has 0 spiro atoms. The maximum absolute atomic E-state index is 5.97. The summed E-state index contributed by atoms with van der Waals surface area (Å²) in [5.41, 5.74) is 10.6. The SMILES string of the molecule is Cc1ccccc1-c1c(C2CC2(C)C)noc1N. The van der Waals surface area contributed by atoms with Crippen molar-refractivity contribution >= 4 is 5.88 Å². The van der Waals surface area contributed by atoms with E-state index in [0.717, 1.165) is 23.2 Å². The number of nitrogens with zero attached hydrogens (tertiary/aromatic N) is 1. The van der Waals surface area contributed by atoms with Crippen LogP contribution in [0.15, 0.2) is 28.8 Å². The molecule has 1 atom stereocenters. The third-order valence-electron chi connectivity index (χ3n) is 4.00. The quantitative estimate of drug-likeness (QED) is 0.872. The second-order valence-electron chi connectivity index (χ2n) is 5.87. The fraction of sp³-hybridized carbons (Fsp3) is 0.400. The monoisotopic (exact) mass is 242 g/mol. The van der Waals surface area contributed by atoms with Crippen LogP contribution in [0.2, 0.25) is 0 Å². The molecule has 94 valence electrons. The van der Waals surface area contributed by atoms with Crippen molar-refractivity contribution in [3.63, 3.8) is 0 Å². The summed E-state index contributed by atoms with van der Waals surface area (Å²) in [7, 11) is 0. The largest absolute Gasteiger partial charge is 0.367 e. The van der Waals surface area contributed by atoms with Gasteiger partial charge in [-0.05, 0) is 29.9 Å². The minimum Gasteiger partial charge on any atom is -0.367 e. The summed E-state index contributed by atoms with van der Waals surface area (Å²) in [5, 5.41) is 4.19. The van der Waals surface area contributed by atoms with Crippen LogP contribution >= 0.6 is 0 Å². The summed E-state index contributed by atoms with van der Waals surface area (Å²) in [4.78, 5) is 0. The Hall–Kier alpha value is -1.77. The average molecular weight is 242 g/mol. The molecule has 2 aromatic rings. The van der Waals surface area contributed by atoms with Crippen molar-refractivity contribution in [1.29, 1.82) is 0 Å². The van der Waals surface area contributed by atoms with Crippen LogP contribution in [0.1, 0.15) is 37.4 Å². The highest BCUT2D eigenvalue weighted by atomic mass is 16.5. The molecular formula is C15H18N2O. The van der Waals surface area contributed by atoms with Gasteiger partial charge in [-0.15, -0.1) is 0 Å². The predicted octanol–water partition coefficient (Wildman–Crippen LogP) is 3.75. The lowest BCUT2D eigenvalue weighted by molar-refractivity contribution is 0.424. The molecule has 0 bridgehead atoms.